The Morgan fingerprint density at radius 2 is 1.79 bits per heavy atom. The van der Waals surface area contributed by atoms with Gasteiger partial charge in [-0.05, 0) is 19.9 Å². The van der Waals surface area contributed by atoms with Crippen molar-refractivity contribution in [2.75, 3.05) is 5.32 Å². The second-order valence-corrected chi connectivity index (χ2v) is 4.00. The average molecular weight is 236 g/mol. The zero-order chi connectivity index (χ0) is 10.9. The second kappa shape index (κ2) is 4.15. The zero-order valence-electron chi connectivity index (χ0n) is 7.81. The van der Waals surface area contributed by atoms with E-state index in [1.807, 2.05) is 13.8 Å². The van der Waals surface area contributed by atoms with Crippen LogP contribution in [-0.2, 0) is 0 Å². The zero-order valence-corrected chi connectivity index (χ0v) is 9.32. The van der Waals surface area contributed by atoms with Gasteiger partial charge in [0.1, 0.15) is 5.02 Å². The molecule has 3 nitrogen and oxygen atoms in total. The van der Waals surface area contributed by atoms with Crippen LogP contribution in [0.5, 0.6) is 11.5 Å². The van der Waals surface area contributed by atoms with E-state index in [1.165, 1.54) is 6.07 Å². The fraction of sp³-hybridized carbons (Fsp3) is 0.333. The summed E-state index contributed by atoms with van der Waals surface area (Å²) in [6.45, 7) is 3.82. The molecule has 5 heteroatoms. The van der Waals surface area contributed by atoms with Gasteiger partial charge in [0, 0.05) is 6.04 Å². The molecule has 0 saturated heterocycles. The molecule has 1 aromatic rings. The molecule has 0 bridgehead atoms. The van der Waals surface area contributed by atoms with Gasteiger partial charge in [0.2, 0.25) is 0 Å². The minimum Gasteiger partial charge on any atom is -0.505 e. The Kier molecular flexibility index (Phi) is 3.34. The van der Waals surface area contributed by atoms with Crippen LogP contribution in [0.25, 0.3) is 0 Å². The summed E-state index contributed by atoms with van der Waals surface area (Å²) in [5.41, 5.74) is 0.410. The third-order valence-electron chi connectivity index (χ3n) is 1.61. The van der Waals surface area contributed by atoms with E-state index in [0.29, 0.717) is 5.69 Å². The van der Waals surface area contributed by atoms with Gasteiger partial charge in [-0.25, -0.2) is 0 Å². The Bertz CT molecular complexity index is 353. The van der Waals surface area contributed by atoms with Crippen molar-refractivity contribution in [2.24, 2.45) is 0 Å². The number of anilines is 1. The molecule has 0 aliphatic rings. The molecule has 0 atom stereocenters. The van der Waals surface area contributed by atoms with Crippen molar-refractivity contribution < 1.29 is 10.2 Å². The summed E-state index contributed by atoms with van der Waals surface area (Å²) >= 11 is 11.3. The van der Waals surface area contributed by atoms with E-state index in [4.69, 9.17) is 23.2 Å². The monoisotopic (exact) mass is 235 g/mol. The van der Waals surface area contributed by atoms with Crippen molar-refractivity contribution in [3.05, 3.63) is 16.1 Å². The lowest BCUT2D eigenvalue weighted by Gasteiger charge is -2.13. The molecular formula is C9H11Cl2NO2. The van der Waals surface area contributed by atoms with Gasteiger partial charge in [-0.15, -0.1) is 0 Å². The molecule has 1 rings (SSSR count). The van der Waals surface area contributed by atoms with Crippen molar-refractivity contribution in [1.29, 1.82) is 0 Å². The molecular weight excluding hydrogens is 225 g/mol. The standard InChI is InChI=1S/C9H11Cl2NO2/c1-4(2)12-6-3-5(10)8(13)7(11)9(6)14/h3-4,12-14H,1-2H3. The van der Waals surface area contributed by atoms with Crippen molar-refractivity contribution >= 4 is 28.9 Å². The highest BCUT2D eigenvalue weighted by Crippen LogP contribution is 2.43. The van der Waals surface area contributed by atoms with Gasteiger partial charge < -0.3 is 15.5 Å². The third-order valence-corrected chi connectivity index (χ3v) is 2.26. The first-order valence-electron chi connectivity index (χ1n) is 4.10. The molecule has 0 spiro atoms. The van der Waals surface area contributed by atoms with E-state index < -0.39 is 0 Å². The maximum Gasteiger partial charge on any atom is 0.161 e. The van der Waals surface area contributed by atoms with E-state index >= 15 is 0 Å². The van der Waals surface area contributed by atoms with Gasteiger partial charge in [-0.2, -0.15) is 0 Å². The first-order valence-corrected chi connectivity index (χ1v) is 4.85. The van der Waals surface area contributed by atoms with Crippen LogP contribution in [-0.4, -0.2) is 16.3 Å². The van der Waals surface area contributed by atoms with Gasteiger partial charge in [0.15, 0.2) is 11.5 Å². The van der Waals surface area contributed by atoms with E-state index in [2.05, 4.69) is 5.32 Å². The van der Waals surface area contributed by atoms with E-state index in [-0.39, 0.29) is 27.6 Å². The minimum absolute atomic E-state index is 0.107. The molecule has 0 aliphatic carbocycles. The molecule has 0 heterocycles. The number of rotatable bonds is 2. The molecule has 0 saturated carbocycles. The normalized spacial score (nSPS) is 10.6. The van der Waals surface area contributed by atoms with Crippen molar-refractivity contribution in [3.63, 3.8) is 0 Å². The summed E-state index contributed by atoms with van der Waals surface area (Å²) in [5, 5.41) is 21.8. The van der Waals surface area contributed by atoms with Crippen LogP contribution in [0.15, 0.2) is 6.07 Å². The van der Waals surface area contributed by atoms with Crippen LogP contribution < -0.4 is 5.32 Å². The maximum atomic E-state index is 9.54. The number of nitrogens with one attached hydrogen (secondary N) is 1. The molecule has 0 fully saturated rings. The highest BCUT2D eigenvalue weighted by atomic mass is 35.5. The van der Waals surface area contributed by atoms with Crippen LogP contribution in [0.1, 0.15) is 13.8 Å². The predicted octanol–water partition coefficient (Wildman–Crippen LogP) is 3.22. The molecule has 0 radical (unpaired) electrons. The fourth-order valence-corrected chi connectivity index (χ4v) is 1.48. The number of hydrogen-bond donors (Lipinski definition) is 3. The van der Waals surface area contributed by atoms with E-state index in [9.17, 15) is 10.2 Å². The molecule has 0 amide bonds. The van der Waals surface area contributed by atoms with Crippen LogP contribution >= 0.6 is 23.2 Å². The maximum absolute atomic E-state index is 9.54. The smallest absolute Gasteiger partial charge is 0.161 e. The summed E-state index contributed by atoms with van der Waals surface area (Å²) in [5.74, 6) is -0.498. The quantitative estimate of drug-likeness (QED) is 0.545. The van der Waals surface area contributed by atoms with Crippen LogP contribution in [0, 0.1) is 0 Å². The summed E-state index contributed by atoms with van der Waals surface area (Å²) in [6.07, 6.45) is 0. The lowest BCUT2D eigenvalue weighted by Crippen LogP contribution is -2.09. The first kappa shape index (κ1) is 11.3. The molecule has 78 valence electrons. The number of phenolic OH excluding ortho intramolecular Hbond substituents is 2. The largest absolute Gasteiger partial charge is 0.505 e. The highest BCUT2D eigenvalue weighted by Gasteiger charge is 2.14. The Morgan fingerprint density at radius 3 is 2.29 bits per heavy atom. The van der Waals surface area contributed by atoms with Gasteiger partial charge in [0.25, 0.3) is 0 Å². The number of benzene rings is 1. The molecule has 0 aliphatic heterocycles. The summed E-state index contributed by atoms with van der Waals surface area (Å²) in [6, 6.07) is 1.57. The van der Waals surface area contributed by atoms with Crippen molar-refractivity contribution in [3.8, 4) is 11.5 Å². The topological polar surface area (TPSA) is 52.5 Å². The summed E-state index contributed by atoms with van der Waals surface area (Å²) in [7, 11) is 0. The molecule has 0 aromatic heterocycles. The first-order chi connectivity index (χ1) is 6.43. The molecule has 14 heavy (non-hydrogen) atoms. The van der Waals surface area contributed by atoms with Gasteiger partial charge >= 0.3 is 0 Å². The second-order valence-electron chi connectivity index (χ2n) is 3.22. The lowest BCUT2D eigenvalue weighted by atomic mass is 10.2. The molecule has 3 N–H and O–H groups in total. The summed E-state index contributed by atoms with van der Waals surface area (Å²) < 4.78 is 0. The van der Waals surface area contributed by atoms with Crippen LogP contribution in [0.2, 0.25) is 10.0 Å². The molecule has 1 aromatic carbocycles. The molecule has 0 unspecified atom stereocenters. The fourth-order valence-electron chi connectivity index (χ4n) is 1.02. The van der Waals surface area contributed by atoms with Gasteiger partial charge in [-0.1, -0.05) is 23.2 Å². The Morgan fingerprint density at radius 1 is 1.21 bits per heavy atom. The number of phenols is 2. The Labute approximate surface area is 92.3 Å². The number of aromatic hydroxyl groups is 2. The lowest BCUT2D eigenvalue weighted by molar-refractivity contribution is 0.452. The SMILES string of the molecule is CC(C)Nc1cc(Cl)c(O)c(Cl)c1O. The minimum atomic E-state index is -0.305. The van der Waals surface area contributed by atoms with Crippen molar-refractivity contribution in [1.82, 2.24) is 0 Å². The van der Waals surface area contributed by atoms with E-state index in [0.717, 1.165) is 0 Å². The average Bonchev–Trinajstić information content (AvgIpc) is 2.10. The van der Waals surface area contributed by atoms with Crippen molar-refractivity contribution in [2.45, 2.75) is 19.9 Å². The van der Waals surface area contributed by atoms with E-state index in [1.54, 1.807) is 0 Å². The Hall–Kier alpha value is -0.800. The highest BCUT2D eigenvalue weighted by molar-refractivity contribution is 6.38. The van der Waals surface area contributed by atoms with Gasteiger partial charge in [0.05, 0.1) is 10.7 Å². The van der Waals surface area contributed by atoms with Crippen LogP contribution in [0.3, 0.4) is 0 Å². The van der Waals surface area contributed by atoms with Gasteiger partial charge in [-0.3, -0.25) is 0 Å². The van der Waals surface area contributed by atoms with Crippen LogP contribution in [0.4, 0.5) is 5.69 Å². The number of hydrogen-bond acceptors (Lipinski definition) is 3. The third kappa shape index (κ3) is 2.16. The predicted molar refractivity (Wildman–Crippen MR) is 58.6 cm³/mol. The Balaban J connectivity index is 3.19. The summed E-state index contributed by atoms with van der Waals surface area (Å²) in [4.78, 5) is 0. The number of halogens is 2.